The van der Waals surface area contributed by atoms with Crippen LogP contribution in [-0.4, -0.2) is 24.5 Å². The Morgan fingerprint density at radius 1 is 0.921 bits per heavy atom. The minimum atomic E-state index is -1.48. The van der Waals surface area contributed by atoms with E-state index in [0.29, 0.717) is 17.9 Å². The topological polar surface area (TPSA) is 77.1 Å². The molecule has 1 saturated heterocycles. The number of rotatable bonds is 5. The van der Waals surface area contributed by atoms with Crippen molar-refractivity contribution in [1.29, 1.82) is 10.5 Å². The molecule has 0 radical (unpaired) electrons. The summed E-state index contributed by atoms with van der Waals surface area (Å²) in [5, 5.41) is 23.5. The molecule has 1 fully saturated rings. The van der Waals surface area contributed by atoms with E-state index in [0.717, 1.165) is 27.6 Å². The van der Waals surface area contributed by atoms with Gasteiger partial charge in [0.1, 0.15) is 11.8 Å². The Bertz CT molecular complexity index is 1630. The highest BCUT2D eigenvalue weighted by atomic mass is 16.5. The van der Waals surface area contributed by atoms with E-state index in [2.05, 4.69) is 24.3 Å². The van der Waals surface area contributed by atoms with Crippen LogP contribution in [-0.2, 0) is 0 Å². The highest BCUT2D eigenvalue weighted by Crippen LogP contribution is 2.56. The van der Waals surface area contributed by atoms with Crippen molar-refractivity contribution in [1.82, 2.24) is 0 Å². The number of ether oxygens (including phenoxy) is 1. The van der Waals surface area contributed by atoms with E-state index in [1.54, 1.807) is 12.1 Å². The molecule has 0 N–H and O–H groups in total. The van der Waals surface area contributed by atoms with Crippen molar-refractivity contribution in [3.63, 3.8) is 0 Å². The van der Waals surface area contributed by atoms with Gasteiger partial charge in [-0.3, -0.25) is 4.79 Å². The third-order valence-corrected chi connectivity index (χ3v) is 7.79. The quantitative estimate of drug-likeness (QED) is 0.295. The van der Waals surface area contributed by atoms with Gasteiger partial charge in [-0.05, 0) is 41.5 Å². The lowest BCUT2D eigenvalue weighted by Gasteiger charge is -2.36. The Morgan fingerprint density at radius 3 is 2.34 bits per heavy atom. The van der Waals surface area contributed by atoms with E-state index in [-0.39, 0.29) is 5.78 Å². The second kappa shape index (κ2) is 9.21. The van der Waals surface area contributed by atoms with Crippen molar-refractivity contribution in [3.05, 3.63) is 114 Å². The van der Waals surface area contributed by atoms with Crippen LogP contribution in [0.15, 0.2) is 97.1 Å². The molecule has 184 valence electrons. The molecule has 0 saturated carbocycles. The third-order valence-electron chi connectivity index (χ3n) is 7.79. The predicted octanol–water partition coefficient (Wildman–Crippen LogP) is 6.52. The lowest BCUT2D eigenvalue weighted by atomic mass is 9.69. The summed E-state index contributed by atoms with van der Waals surface area (Å²) in [4.78, 5) is 16.4. The number of hydrogen-bond donors (Lipinski definition) is 0. The molecule has 5 nitrogen and oxygen atoms in total. The van der Waals surface area contributed by atoms with Gasteiger partial charge in [0.2, 0.25) is 0 Å². The average molecular weight is 496 g/mol. The molecule has 6 rings (SSSR count). The van der Waals surface area contributed by atoms with Crippen LogP contribution in [0.4, 0.5) is 5.69 Å². The molecule has 4 aromatic carbocycles. The summed E-state index contributed by atoms with van der Waals surface area (Å²) in [5.74, 6) is -0.0987. The smallest absolute Gasteiger partial charge is 0.185 e. The Balaban J connectivity index is 1.61. The molecule has 0 bridgehead atoms. The lowest BCUT2D eigenvalue weighted by molar-refractivity contribution is 0.0951. The van der Waals surface area contributed by atoms with Gasteiger partial charge < -0.3 is 9.64 Å². The Kier molecular flexibility index (Phi) is 5.70. The number of nitriles is 2. The maximum Gasteiger partial charge on any atom is 0.185 e. The van der Waals surface area contributed by atoms with Gasteiger partial charge in [0.05, 0.1) is 24.8 Å². The molecule has 0 aromatic heterocycles. The molecule has 5 heteroatoms. The summed E-state index contributed by atoms with van der Waals surface area (Å²) in [7, 11) is 0. The van der Waals surface area contributed by atoms with Crippen LogP contribution in [0.1, 0.15) is 34.3 Å². The lowest BCUT2D eigenvalue weighted by Crippen LogP contribution is -2.44. The normalized spacial score (nSPS) is 20.7. The molecule has 2 heterocycles. The molecule has 0 spiro atoms. The molecule has 0 amide bonds. The van der Waals surface area contributed by atoms with Crippen molar-refractivity contribution >= 4 is 28.3 Å². The Morgan fingerprint density at radius 2 is 1.63 bits per heavy atom. The number of nitrogens with zero attached hydrogens (tertiary/aromatic N) is 3. The number of anilines is 1. The number of Topliss-reactive ketones (excluding diaryl/α,β-unsaturated/α-hetero) is 1. The van der Waals surface area contributed by atoms with Gasteiger partial charge in [-0.15, -0.1) is 0 Å². The summed E-state index contributed by atoms with van der Waals surface area (Å²) in [6.45, 7) is 2.45. The van der Waals surface area contributed by atoms with Crippen molar-refractivity contribution in [2.75, 3.05) is 11.5 Å². The number of benzene rings is 4. The van der Waals surface area contributed by atoms with E-state index in [9.17, 15) is 15.3 Å². The van der Waals surface area contributed by atoms with E-state index in [1.165, 1.54) is 0 Å². The minimum absolute atomic E-state index is 0.115. The van der Waals surface area contributed by atoms with Crippen LogP contribution in [0, 0.1) is 28.1 Å². The monoisotopic (exact) mass is 495 g/mol. The first-order valence-corrected chi connectivity index (χ1v) is 12.8. The largest absolute Gasteiger partial charge is 0.494 e. The van der Waals surface area contributed by atoms with Crippen LogP contribution in [0.3, 0.4) is 0 Å². The Labute approximate surface area is 221 Å². The second-order valence-corrected chi connectivity index (χ2v) is 9.68. The van der Waals surface area contributed by atoms with Gasteiger partial charge in [-0.25, -0.2) is 0 Å². The van der Waals surface area contributed by atoms with Gasteiger partial charge in [0, 0.05) is 22.7 Å². The van der Waals surface area contributed by atoms with Crippen molar-refractivity contribution in [2.24, 2.45) is 5.41 Å². The molecular formula is C33H25N3O2. The third kappa shape index (κ3) is 3.40. The molecule has 3 atom stereocenters. The summed E-state index contributed by atoms with van der Waals surface area (Å²) in [6, 6.07) is 32.2. The van der Waals surface area contributed by atoms with Gasteiger partial charge in [-0.2, -0.15) is 10.5 Å². The van der Waals surface area contributed by atoms with Crippen molar-refractivity contribution in [2.45, 2.75) is 24.9 Å². The van der Waals surface area contributed by atoms with Gasteiger partial charge in [-0.1, -0.05) is 84.9 Å². The summed E-state index contributed by atoms with van der Waals surface area (Å²) in [6.07, 6.45) is 3.94. The molecular weight excluding hydrogens is 470 g/mol. The van der Waals surface area contributed by atoms with E-state index < -0.39 is 23.4 Å². The van der Waals surface area contributed by atoms with Crippen molar-refractivity contribution in [3.8, 4) is 17.9 Å². The fourth-order valence-corrected chi connectivity index (χ4v) is 6.13. The number of ketones is 1. The molecule has 0 unspecified atom stereocenters. The van der Waals surface area contributed by atoms with E-state index in [1.807, 2.05) is 90.7 Å². The summed E-state index contributed by atoms with van der Waals surface area (Å²) < 4.78 is 5.64. The van der Waals surface area contributed by atoms with E-state index >= 15 is 0 Å². The zero-order valence-corrected chi connectivity index (χ0v) is 20.9. The molecule has 2 aliphatic heterocycles. The molecule has 38 heavy (non-hydrogen) atoms. The average Bonchev–Trinajstić information content (AvgIpc) is 3.28. The highest BCUT2D eigenvalue weighted by Gasteiger charge is 2.63. The number of carbonyl (C=O) groups excluding carboxylic acids is 1. The van der Waals surface area contributed by atoms with Crippen LogP contribution >= 0.6 is 0 Å². The molecule has 4 aromatic rings. The van der Waals surface area contributed by atoms with Gasteiger partial charge in [0.15, 0.2) is 11.2 Å². The minimum Gasteiger partial charge on any atom is -0.494 e. The van der Waals surface area contributed by atoms with Crippen LogP contribution < -0.4 is 9.64 Å². The molecule has 0 aliphatic carbocycles. The van der Waals surface area contributed by atoms with Gasteiger partial charge in [0.25, 0.3) is 0 Å². The molecule has 2 aliphatic rings. The zero-order valence-electron chi connectivity index (χ0n) is 20.9. The fourth-order valence-electron chi connectivity index (χ4n) is 6.13. The maximum atomic E-state index is 14.3. The van der Waals surface area contributed by atoms with Crippen LogP contribution in [0.25, 0.3) is 16.8 Å². The SMILES string of the molecule is CCOc1ccc([C@@H]2[C@H](C(=O)c3ccccc3)N3c4ccc5ccccc5c4C=C[C@@H]3C2(C#N)C#N)cc1. The predicted molar refractivity (Wildman–Crippen MR) is 148 cm³/mol. The number of fused-ring (bicyclic) bond motifs is 5. The standard InChI is InChI=1S/C33H25N3O2/c1-2-38-25-15-12-23(13-16-25)30-31(32(37)24-9-4-3-5-10-24)36-28-18-14-22-8-6-7-11-26(22)27(28)17-19-29(36)33(30,20-34)21-35/h3-19,29-31H,2H2,1H3/t29-,30-,31-/m1/s1. The number of hydrogen-bond acceptors (Lipinski definition) is 5. The second-order valence-electron chi connectivity index (χ2n) is 9.68. The Hall–Kier alpha value is -4.87. The van der Waals surface area contributed by atoms with Crippen LogP contribution in [0.5, 0.6) is 5.75 Å². The zero-order chi connectivity index (χ0) is 26.3. The van der Waals surface area contributed by atoms with E-state index in [4.69, 9.17) is 4.74 Å². The fraction of sp³-hybridized carbons (Fsp3) is 0.182. The first-order valence-electron chi connectivity index (χ1n) is 12.8. The summed E-state index contributed by atoms with van der Waals surface area (Å²) >= 11 is 0. The van der Waals surface area contributed by atoms with Crippen molar-refractivity contribution < 1.29 is 9.53 Å². The first-order chi connectivity index (χ1) is 18.6. The number of carbonyl (C=O) groups is 1. The van der Waals surface area contributed by atoms with Crippen LogP contribution in [0.2, 0.25) is 0 Å². The summed E-state index contributed by atoms with van der Waals surface area (Å²) in [5.41, 5.74) is 1.67. The highest BCUT2D eigenvalue weighted by molar-refractivity contribution is 6.06. The first kappa shape index (κ1) is 23.5. The maximum absolute atomic E-state index is 14.3. The van der Waals surface area contributed by atoms with Gasteiger partial charge >= 0.3 is 0 Å².